The summed E-state index contributed by atoms with van der Waals surface area (Å²) in [5.41, 5.74) is 1.99. The molecule has 1 aromatic carbocycles. The second kappa shape index (κ2) is 10.9. The second-order valence-electron chi connectivity index (χ2n) is 9.53. The van der Waals surface area contributed by atoms with Crippen LogP contribution in [0, 0.1) is 0 Å². The highest BCUT2D eigenvalue weighted by Crippen LogP contribution is 2.38. The monoisotopic (exact) mass is 534 g/mol. The van der Waals surface area contributed by atoms with Gasteiger partial charge in [0.25, 0.3) is 11.8 Å². The molecule has 0 atom stereocenters. The highest BCUT2D eigenvalue weighted by atomic mass is 32.1. The Labute approximate surface area is 224 Å². The molecule has 3 aromatic heterocycles. The van der Waals surface area contributed by atoms with Crippen molar-refractivity contribution < 1.29 is 19.4 Å². The number of aromatic nitrogens is 3. The fraction of sp³-hybridized carbons (Fsp3) is 0.333. The Morgan fingerprint density at radius 2 is 1.95 bits per heavy atom. The number of carbonyl (C=O) groups is 2. The predicted octanol–water partition coefficient (Wildman–Crippen LogP) is 3.88. The van der Waals surface area contributed by atoms with E-state index in [2.05, 4.69) is 20.9 Å². The van der Waals surface area contributed by atoms with Crippen molar-refractivity contribution in [2.24, 2.45) is 0 Å². The van der Waals surface area contributed by atoms with Crippen molar-refractivity contribution >= 4 is 45.8 Å². The fourth-order valence-corrected chi connectivity index (χ4v) is 5.14. The van der Waals surface area contributed by atoms with Crippen LogP contribution >= 0.6 is 11.3 Å². The number of aliphatic hydroxyl groups excluding tert-OH is 1. The Bertz CT molecular complexity index is 1460. The summed E-state index contributed by atoms with van der Waals surface area (Å²) in [6, 6.07) is 11.2. The molecule has 0 saturated carbocycles. The summed E-state index contributed by atoms with van der Waals surface area (Å²) in [7, 11) is 0. The fourth-order valence-electron chi connectivity index (χ4n) is 4.24. The summed E-state index contributed by atoms with van der Waals surface area (Å²) in [5, 5.41) is 18.2. The highest BCUT2D eigenvalue weighted by Gasteiger charge is 2.36. The molecular formula is C27H30N6O4S. The van der Waals surface area contributed by atoms with Gasteiger partial charge in [0, 0.05) is 36.5 Å². The SMILES string of the molecule is CC1(C)Oc2cc3c(cc2NC1=O)nc(NC(=O)c1ccc(-c2ccncc2)s1)n3CCCNCCCO. The van der Waals surface area contributed by atoms with Gasteiger partial charge in [-0.15, -0.1) is 11.3 Å². The van der Waals surface area contributed by atoms with Gasteiger partial charge in [-0.1, -0.05) is 0 Å². The summed E-state index contributed by atoms with van der Waals surface area (Å²) < 4.78 is 7.95. The molecule has 10 nitrogen and oxygen atoms in total. The van der Waals surface area contributed by atoms with E-state index in [4.69, 9.17) is 14.8 Å². The summed E-state index contributed by atoms with van der Waals surface area (Å²) >= 11 is 1.40. The van der Waals surface area contributed by atoms with E-state index in [1.807, 2.05) is 28.8 Å². The molecule has 11 heteroatoms. The topological polar surface area (TPSA) is 130 Å². The molecule has 1 aliphatic rings. The molecule has 0 fully saturated rings. The lowest BCUT2D eigenvalue weighted by molar-refractivity contribution is -0.129. The number of rotatable bonds is 10. The summed E-state index contributed by atoms with van der Waals surface area (Å²) in [5.74, 6) is 0.506. The molecule has 0 saturated heterocycles. The number of benzene rings is 1. The smallest absolute Gasteiger partial charge is 0.268 e. The van der Waals surface area contributed by atoms with Gasteiger partial charge in [-0.3, -0.25) is 19.9 Å². The summed E-state index contributed by atoms with van der Waals surface area (Å²) in [6.07, 6.45) is 4.93. The lowest BCUT2D eigenvalue weighted by Gasteiger charge is -2.31. The lowest BCUT2D eigenvalue weighted by Crippen LogP contribution is -2.45. The number of aliphatic hydroxyl groups is 1. The molecule has 5 rings (SSSR count). The van der Waals surface area contributed by atoms with E-state index >= 15 is 0 Å². The van der Waals surface area contributed by atoms with E-state index in [9.17, 15) is 9.59 Å². The van der Waals surface area contributed by atoms with E-state index in [1.54, 1.807) is 38.4 Å². The maximum Gasteiger partial charge on any atom is 0.268 e. The summed E-state index contributed by atoms with van der Waals surface area (Å²) in [4.78, 5) is 35.9. The average molecular weight is 535 g/mol. The molecule has 0 bridgehead atoms. The third kappa shape index (κ3) is 5.40. The normalized spacial score (nSPS) is 14.1. The molecule has 38 heavy (non-hydrogen) atoms. The molecule has 198 valence electrons. The van der Waals surface area contributed by atoms with Gasteiger partial charge >= 0.3 is 0 Å². The first kappa shape index (κ1) is 25.8. The van der Waals surface area contributed by atoms with Crippen molar-refractivity contribution in [1.29, 1.82) is 0 Å². The van der Waals surface area contributed by atoms with Gasteiger partial charge in [-0.2, -0.15) is 0 Å². The zero-order valence-corrected chi connectivity index (χ0v) is 22.1. The predicted molar refractivity (Wildman–Crippen MR) is 148 cm³/mol. The number of aryl methyl sites for hydroxylation is 1. The van der Waals surface area contributed by atoms with E-state index in [0.29, 0.717) is 40.7 Å². The van der Waals surface area contributed by atoms with Crippen LogP contribution in [-0.2, 0) is 11.3 Å². The molecular weight excluding hydrogens is 504 g/mol. The van der Waals surface area contributed by atoms with Crippen LogP contribution in [0.1, 0.15) is 36.4 Å². The van der Waals surface area contributed by atoms with Crippen LogP contribution in [-0.4, -0.2) is 56.8 Å². The van der Waals surface area contributed by atoms with Crippen molar-refractivity contribution in [2.45, 2.75) is 38.8 Å². The maximum absolute atomic E-state index is 13.2. The van der Waals surface area contributed by atoms with Crippen LogP contribution in [0.3, 0.4) is 0 Å². The van der Waals surface area contributed by atoms with Gasteiger partial charge in [0.05, 0.1) is 21.6 Å². The van der Waals surface area contributed by atoms with Gasteiger partial charge in [0.2, 0.25) is 5.95 Å². The first-order valence-corrected chi connectivity index (χ1v) is 13.4. The minimum atomic E-state index is -0.995. The Hall–Kier alpha value is -3.80. The van der Waals surface area contributed by atoms with Crippen LogP contribution in [0.2, 0.25) is 0 Å². The molecule has 4 N–H and O–H groups in total. The Morgan fingerprint density at radius 3 is 2.74 bits per heavy atom. The number of nitrogens with one attached hydrogen (secondary N) is 3. The van der Waals surface area contributed by atoms with Crippen molar-refractivity contribution in [1.82, 2.24) is 19.9 Å². The highest BCUT2D eigenvalue weighted by molar-refractivity contribution is 7.17. The van der Waals surface area contributed by atoms with Crippen LogP contribution in [0.15, 0.2) is 48.8 Å². The third-order valence-corrected chi connectivity index (χ3v) is 7.41. The van der Waals surface area contributed by atoms with Crippen LogP contribution in [0.5, 0.6) is 5.75 Å². The van der Waals surface area contributed by atoms with Crippen molar-refractivity contribution in [3.63, 3.8) is 0 Å². The average Bonchev–Trinajstić information content (AvgIpc) is 3.51. The van der Waals surface area contributed by atoms with Crippen molar-refractivity contribution in [2.75, 3.05) is 30.3 Å². The number of nitrogens with zero attached hydrogens (tertiary/aromatic N) is 3. The van der Waals surface area contributed by atoms with Crippen LogP contribution in [0.4, 0.5) is 11.6 Å². The number of hydrogen-bond acceptors (Lipinski definition) is 8. The first-order valence-electron chi connectivity index (χ1n) is 12.5. The van der Waals surface area contributed by atoms with Crippen LogP contribution in [0.25, 0.3) is 21.5 Å². The standard InChI is InChI=1S/C27H30N6O4S/c1-27(2)25(36)30-19-15-18-20(16-21(19)37-27)33(13-3-9-28-10-4-14-34)26(31-18)32-24(35)23-6-5-22(38-23)17-7-11-29-12-8-17/h5-8,11-12,15-16,28,34H,3-4,9-10,13-14H2,1-2H3,(H,30,36)(H,31,32,35). The van der Waals surface area contributed by atoms with Gasteiger partial charge in [0.1, 0.15) is 5.75 Å². The second-order valence-corrected chi connectivity index (χ2v) is 10.6. The number of amides is 2. The largest absolute Gasteiger partial charge is 0.476 e. The van der Waals surface area contributed by atoms with E-state index < -0.39 is 5.60 Å². The number of carbonyl (C=O) groups excluding carboxylic acids is 2. The van der Waals surface area contributed by atoms with Gasteiger partial charge in [-0.05, 0) is 75.7 Å². The lowest BCUT2D eigenvalue weighted by atomic mass is 10.1. The molecule has 2 amide bonds. The van der Waals surface area contributed by atoms with Gasteiger partial charge < -0.3 is 25.0 Å². The Morgan fingerprint density at radius 1 is 1.16 bits per heavy atom. The number of thiophene rings is 1. The Kier molecular flexibility index (Phi) is 7.41. The zero-order chi connectivity index (χ0) is 26.7. The van der Waals surface area contributed by atoms with Crippen molar-refractivity contribution in [3.05, 3.63) is 53.7 Å². The Balaban J connectivity index is 1.42. The minimum absolute atomic E-state index is 0.152. The molecule has 0 radical (unpaired) electrons. The number of anilines is 2. The maximum atomic E-state index is 13.2. The first-order chi connectivity index (χ1) is 18.4. The van der Waals surface area contributed by atoms with E-state index in [1.165, 1.54) is 11.3 Å². The van der Waals surface area contributed by atoms with Crippen molar-refractivity contribution in [3.8, 4) is 16.2 Å². The van der Waals surface area contributed by atoms with Crippen LogP contribution < -0.4 is 20.7 Å². The molecule has 4 heterocycles. The number of fused-ring (bicyclic) bond motifs is 2. The molecule has 0 aliphatic carbocycles. The number of pyridine rings is 1. The minimum Gasteiger partial charge on any atom is -0.476 e. The number of ether oxygens (including phenoxy) is 1. The van der Waals surface area contributed by atoms with E-state index in [0.717, 1.165) is 35.5 Å². The quantitative estimate of drug-likeness (QED) is 0.227. The van der Waals surface area contributed by atoms with E-state index in [-0.39, 0.29) is 18.4 Å². The molecule has 1 aliphatic heterocycles. The summed E-state index contributed by atoms with van der Waals surface area (Å²) in [6.45, 7) is 5.67. The third-order valence-electron chi connectivity index (χ3n) is 6.28. The van der Waals surface area contributed by atoms with Gasteiger partial charge in [-0.25, -0.2) is 4.98 Å². The molecule has 0 spiro atoms. The molecule has 4 aromatic rings. The van der Waals surface area contributed by atoms with Gasteiger partial charge in [0.15, 0.2) is 5.60 Å². The number of imidazole rings is 1. The number of hydrogen-bond donors (Lipinski definition) is 4. The zero-order valence-electron chi connectivity index (χ0n) is 21.3. The molecule has 0 unspecified atom stereocenters.